The number of hydrogen-bond acceptors (Lipinski definition) is 4. The van der Waals surface area contributed by atoms with Gasteiger partial charge in [0.2, 0.25) is 10.0 Å². The summed E-state index contributed by atoms with van der Waals surface area (Å²) in [5, 5.41) is 6.48. The first-order valence-electron chi connectivity index (χ1n) is 9.51. The smallest absolute Gasteiger partial charge is 0.211 e. The third-order valence-electron chi connectivity index (χ3n) is 3.97. The summed E-state index contributed by atoms with van der Waals surface area (Å²) in [5.41, 5.74) is 2.19. The molecule has 9 heteroatoms. The maximum absolute atomic E-state index is 11.6. The second kappa shape index (κ2) is 14.0. The molecular formula is C19H35IN4O3S. The summed E-state index contributed by atoms with van der Waals surface area (Å²) in [6.07, 6.45) is 1.95. The summed E-state index contributed by atoms with van der Waals surface area (Å²) in [6, 6.07) is 6.12. The molecular weight excluding hydrogens is 491 g/mol. The minimum atomic E-state index is -3.14. The zero-order chi connectivity index (χ0) is 20.3. The van der Waals surface area contributed by atoms with Gasteiger partial charge in [0.25, 0.3) is 0 Å². The summed E-state index contributed by atoms with van der Waals surface area (Å²) in [6.45, 7) is 11.4. The molecule has 2 N–H and O–H groups in total. The molecule has 0 aliphatic heterocycles. The van der Waals surface area contributed by atoms with Crippen LogP contribution in [-0.2, 0) is 16.6 Å². The molecule has 0 aliphatic rings. The van der Waals surface area contributed by atoms with E-state index in [9.17, 15) is 8.42 Å². The Hall–Kier alpha value is -1.07. The Labute approximate surface area is 187 Å². The first-order chi connectivity index (χ1) is 12.8. The Balaban J connectivity index is 0.00000729. The number of aliphatic imine (C=N–C) groups is 1. The molecule has 0 bridgehead atoms. The number of guanidine groups is 1. The minimum Gasteiger partial charge on any atom is -0.494 e. The lowest BCUT2D eigenvalue weighted by Gasteiger charge is -2.18. The molecule has 0 heterocycles. The van der Waals surface area contributed by atoms with Gasteiger partial charge >= 0.3 is 0 Å². The van der Waals surface area contributed by atoms with Crippen molar-refractivity contribution in [3.05, 3.63) is 29.3 Å². The van der Waals surface area contributed by atoms with Crippen molar-refractivity contribution in [1.29, 1.82) is 0 Å². The van der Waals surface area contributed by atoms with Crippen LogP contribution >= 0.6 is 24.0 Å². The quantitative estimate of drug-likeness (QED) is 0.201. The predicted octanol–water partition coefficient (Wildman–Crippen LogP) is 2.74. The molecule has 0 aliphatic carbocycles. The standard InChI is InChI=1S/C19H34N4O3S.HI/c1-6-20-19(21-12-9-13-23(7-2)27(5,24)25)22-15-17-11-10-16(4)14-18(17)26-8-3;/h10-11,14H,6-9,12-13,15H2,1-5H3,(H2,20,21,22);1H. The summed E-state index contributed by atoms with van der Waals surface area (Å²) in [7, 11) is -3.14. The molecule has 0 saturated heterocycles. The maximum Gasteiger partial charge on any atom is 0.211 e. The number of sulfonamides is 1. The molecule has 1 rings (SSSR count). The van der Waals surface area contributed by atoms with Gasteiger partial charge in [-0.1, -0.05) is 19.1 Å². The van der Waals surface area contributed by atoms with Crippen molar-refractivity contribution >= 4 is 40.0 Å². The Bertz CT molecular complexity index is 711. The topological polar surface area (TPSA) is 83.0 Å². The Morgan fingerprint density at radius 1 is 1.21 bits per heavy atom. The molecule has 0 saturated carbocycles. The van der Waals surface area contributed by atoms with E-state index in [1.165, 1.54) is 10.6 Å². The highest BCUT2D eigenvalue weighted by Gasteiger charge is 2.13. The number of aryl methyl sites for hydroxylation is 1. The van der Waals surface area contributed by atoms with Crippen LogP contribution < -0.4 is 15.4 Å². The fourth-order valence-corrected chi connectivity index (χ4v) is 3.54. The molecule has 7 nitrogen and oxygen atoms in total. The molecule has 0 unspecified atom stereocenters. The average molecular weight is 526 g/mol. The van der Waals surface area contributed by atoms with Crippen molar-refractivity contribution in [2.24, 2.45) is 4.99 Å². The van der Waals surface area contributed by atoms with Gasteiger partial charge in [-0.25, -0.2) is 17.7 Å². The Morgan fingerprint density at radius 2 is 1.93 bits per heavy atom. The molecule has 1 aromatic carbocycles. The van der Waals surface area contributed by atoms with Crippen LogP contribution in [-0.4, -0.2) is 57.7 Å². The SMILES string of the molecule is CCNC(=NCc1ccc(C)cc1OCC)NCCCN(CC)S(C)(=O)=O.I. The van der Waals surface area contributed by atoms with Gasteiger partial charge in [0.15, 0.2) is 5.96 Å². The van der Waals surface area contributed by atoms with E-state index in [1.807, 2.05) is 39.8 Å². The van der Waals surface area contributed by atoms with E-state index in [4.69, 9.17) is 4.74 Å². The monoisotopic (exact) mass is 526 g/mol. The van der Waals surface area contributed by atoms with E-state index in [1.54, 1.807) is 0 Å². The van der Waals surface area contributed by atoms with Gasteiger partial charge in [-0.05, 0) is 38.8 Å². The highest BCUT2D eigenvalue weighted by Crippen LogP contribution is 2.21. The average Bonchev–Trinajstić information content (AvgIpc) is 2.60. The van der Waals surface area contributed by atoms with E-state index in [0.717, 1.165) is 23.4 Å². The van der Waals surface area contributed by atoms with E-state index in [-0.39, 0.29) is 24.0 Å². The maximum atomic E-state index is 11.6. The van der Waals surface area contributed by atoms with Crippen LogP contribution in [0.15, 0.2) is 23.2 Å². The summed E-state index contributed by atoms with van der Waals surface area (Å²) in [5.74, 6) is 1.58. The van der Waals surface area contributed by atoms with Crippen LogP contribution in [0.2, 0.25) is 0 Å². The van der Waals surface area contributed by atoms with Crippen LogP contribution in [0, 0.1) is 6.92 Å². The number of hydrogen-bond donors (Lipinski definition) is 2. The predicted molar refractivity (Wildman–Crippen MR) is 127 cm³/mol. The van der Waals surface area contributed by atoms with Crippen molar-refractivity contribution in [3.8, 4) is 5.75 Å². The number of halogens is 1. The van der Waals surface area contributed by atoms with E-state index >= 15 is 0 Å². The van der Waals surface area contributed by atoms with Crippen LogP contribution in [0.5, 0.6) is 5.75 Å². The van der Waals surface area contributed by atoms with Crippen molar-refractivity contribution in [1.82, 2.24) is 14.9 Å². The van der Waals surface area contributed by atoms with Crippen molar-refractivity contribution < 1.29 is 13.2 Å². The number of nitrogens with zero attached hydrogens (tertiary/aromatic N) is 2. The number of nitrogens with one attached hydrogen (secondary N) is 2. The second-order valence-electron chi connectivity index (χ2n) is 6.27. The molecule has 162 valence electrons. The highest BCUT2D eigenvalue weighted by molar-refractivity contribution is 14.0. The van der Waals surface area contributed by atoms with E-state index < -0.39 is 10.0 Å². The van der Waals surface area contributed by atoms with Gasteiger partial charge in [0.05, 0.1) is 19.4 Å². The minimum absolute atomic E-state index is 0. The normalized spacial score (nSPS) is 11.9. The molecule has 1 aromatic rings. The zero-order valence-electron chi connectivity index (χ0n) is 17.6. The van der Waals surface area contributed by atoms with Crippen molar-refractivity contribution in [2.45, 2.75) is 40.7 Å². The molecule has 0 atom stereocenters. The van der Waals surface area contributed by atoms with Gasteiger partial charge < -0.3 is 15.4 Å². The highest BCUT2D eigenvalue weighted by atomic mass is 127. The van der Waals surface area contributed by atoms with Gasteiger partial charge in [-0.2, -0.15) is 0 Å². The van der Waals surface area contributed by atoms with Crippen LogP contribution in [0.1, 0.15) is 38.3 Å². The summed E-state index contributed by atoms with van der Waals surface area (Å²) >= 11 is 0. The van der Waals surface area contributed by atoms with Gasteiger partial charge in [-0.3, -0.25) is 0 Å². The van der Waals surface area contributed by atoms with E-state index in [0.29, 0.717) is 45.2 Å². The lowest BCUT2D eigenvalue weighted by molar-refractivity contribution is 0.336. The van der Waals surface area contributed by atoms with Gasteiger partial charge in [-0.15, -0.1) is 24.0 Å². The largest absolute Gasteiger partial charge is 0.494 e. The molecule has 0 spiro atoms. The lowest BCUT2D eigenvalue weighted by Crippen LogP contribution is -2.39. The third kappa shape index (κ3) is 9.92. The van der Waals surface area contributed by atoms with Gasteiger partial charge in [0.1, 0.15) is 5.75 Å². The van der Waals surface area contributed by atoms with Crippen LogP contribution in [0.4, 0.5) is 0 Å². The Morgan fingerprint density at radius 3 is 2.50 bits per heavy atom. The van der Waals surface area contributed by atoms with Crippen molar-refractivity contribution in [3.63, 3.8) is 0 Å². The van der Waals surface area contributed by atoms with Crippen LogP contribution in [0.3, 0.4) is 0 Å². The molecule has 28 heavy (non-hydrogen) atoms. The fraction of sp³-hybridized carbons (Fsp3) is 0.632. The second-order valence-corrected chi connectivity index (χ2v) is 8.26. The fourth-order valence-electron chi connectivity index (χ4n) is 2.61. The number of benzene rings is 1. The molecule has 0 radical (unpaired) electrons. The lowest BCUT2D eigenvalue weighted by atomic mass is 10.1. The first-order valence-corrected chi connectivity index (χ1v) is 11.4. The Kier molecular flexibility index (Phi) is 13.5. The van der Waals surface area contributed by atoms with Crippen LogP contribution in [0.25, 0.3) is 0 Å². The third-order valence-corrected chi connectivity index (χ3v) is 5.35. The molecule has 0 amide bonds. The summed E-state index contributed by atoms with van der Waals surface area (Å²) in [4.78, 5) is 4.62. The van der Waals surface area contributed by atoms with E-state index in [2.05, 4.69) is 21.7 Å². The van der Waals surface area contributed by atoms with Crippen molar-refractivity contribution in [2.75, 3.05) is 39.0 Å². The zero-order valence-corrected chi connectivity index (χ0v) is 20.8. The number of rotatable bonds is 11. The summed E-state index contributed by atoms with van der Waals surface area (Å²) < 4.78 is 30.4. The molecule has 0 aromatic heterocycles. The first kappa shape index (κ1) is 26.9. The number of ether oxygens (including phenoxy) is 1. The van der Waals surface area contributed by atoms with Gasteiger partial charge in [0, 0.05) is 31.7 Å². The molecule has 0 fully saturated rings.